The molecule has 1 aromatic carbocycles. The van der Waals surface area contributed by atoms with Crippen LogP contribution in [0.3, 0.4) is 0 Å². The fourth-order valence-corrected chi connectivity index (χ4v) is 6.24. The van der Waals surface area contributed by atoms with Gasteiger partial charge in [0.1, 0.15) is 0 Å². The molecule has 4 nitrogen and oxygen atoms in total. The normalized spacial score (nSPS) is 32.2. The van der Waals surface area contributed by atoms with Gasteiger partial charge in [-0.2, -0.15) is 4.31 Å². The van der Waals surface area contributed by atoms with Crippen molar-refractivity contribution in [1.29, 1.82) is 0 Å². The molecule has 0 unspecified atom stereocenters. The molecule has 1 aromatic rings. The molecule has 0 amide bonds. The third-order valence-corrected chi connectivity index (χ3v) is 6.77. The van der Waals surface area contributed by atoms with Gasteiger partial charge in [-0.1, -0.05) is 20.8 Å². The van der Waals surface area contributed by atoms with E-state index in [1.807, 2.05) is 0 Å². The lowest BCUT2D eigenvalue weighted by Gasteiger charge is -2.39. The zero-order chi connectivity index (χ0) is 15.5. The van der Waals surface area contributed by atoms with E-state index in [1.165, 1.54) is 0 Å². The highest BCUT2D eigenvalue weighted by Gasteiger charge is 2.53. The van der Waals surface area contributed by atoms with Gasteiger partial charge >= 0.3 is 0 Å². The molecule has 1 saturated carbocycles. The first-order valence-electron chi connectivity index (χ1n) is 7.49. The Bertz CT molecular complexity index is 651. The first-order valence-corrected chi connectivity index (χ1v) is 8.93. The lowest BCUT2D eigenvalue weighted by Crippen LogP contribution is -2.37. The van der Waals surface area contributed by atoms with Crippen molar-refractivity contribution >= 4 is 15.7 Å². The molecule has 3 rings (SSSR count). The first kappa shape index (κ1) is 14.9. The molecule has 0 spiro atoms. The van der Waals surface area contributed by atoms with Crippen LogP contribution in [-0.2, 0) is 10.0 Å². The summed E-state index contributed by atoms with van der Waals surface area (Å²) in [5.74, 6) is 0. The lowest BCUT2D eigenvalue weighted by atomic mass is 9.65. The largest absolute Gasteiger partial charge is 0.399 e. The maximum Gasteiger partial charge on any atom is 0.243 e. The highest BCUT2D eigenvalue weighted by molar-refractivity contribution is 7.89. The molecule has 116 valence electrons. The molecule has 0 aromatic heterocycles. The molecule has 2 atom stereocenters. The molecule has 2 N–H and O–H groups in total. The second kappa shape index (κ2) is 4.46. The third kappa shape index (κ3) is 2.57. The zero-order valence-electron chi connectivity index (χ0n) is 13.0. The van der Waals surface area contributed by atoms with E-state index in [-0.39, 0.29) is 16.9 Å². The standard InChI is InChI=1S/C16H24N2O2S/c1-15(2)8-13-9-16(3,10-15)11-18(13)21(19,20)14-6-4-12(17)5-7-14/h4-7,13H,8-11,17H2,1-3H3/t13-,16+/m0/s1. The van der Waals surface area contributed by atoms with Crippen LogP contribution in [0, 0.1) is 10.8 Å². The summed E-state index contributed by atoms with van der Waals surface area (Å²) in [6, 6.07) is 6.66. The number of nitrogens with two attached hydrogens (primary N) is 1. The van der Waals surface area contributed by atoms with Gasteiger partial charge in [-0.05, 0) is 54.4 Å². The number of rotatable bonds is 2. The van der Waals surface area contributed by atoms with E-state index >= 15 is 0 Å². The van der Waals surface area contributed by atoms with Crippen LogP contribution in [0.5, 0.6) is 0 Å². The van der Waals surface area contributed by atoms with Crippen LogP contribution in [0.15, 0.2) is 29.2 Å². The average molecular weight is 308 g/mol. The Hall–Kier alpha value is -1.07. The van der Waals surface area contributed by atoms with Gasteiger partial charge in [0.2, 0.25) is 10.0 Å². The number of anilines is 1. The van der Waals surface area contributed by atoms with E-state index in [2.05, 4.69) is 20.8 Å². The minimum absolute atomic E-state index is 0.104. The predicted molar refractivity (Wildman–Crippen MR) is 84.3 cm³/mol. The second-order valence-electron chi connectivity index (χ2n) is 7.83. The lowest BCUT2D eigenvalue weighted by molar-refractivity contribution is 0.133. The van der Waals surface area contributed by atoms with Crippen molar-refractivity contribution in [2.24, 2.45) is 10.8 Å². The van der Waals surface area contributed by atoms with Gasteiger partial charge in [0.25, 0.3) is 0 Å². The van der Waals surface area contributed by atoms with Crippen molar-refractivity contribution < 1.29 is 8.42 Å². The quantitative estimate of drug-likeness (QED) is 0.855. The Morgan fingerprint density at radius 2 is 1.76 bits per heavy atom. The molecule has 1 aliphatic heterocycles. The van der Waals surface area contributed by atoms with Gasteiger partial charge in [0.15, 0.2) is 0 Å². The van der Waals surface area contributed by atoms with Gasteiger partial charge < -0.3 is 5.73 Å². The van der Waals surface area contributed by atoms with Crippen LogP contribution in [0.2, 0.25) is 0 Å². The third-order valence-electron chi connectivity index (χ3n) is 4.85. The van der Waals surface area contributed by atoms with Crippen molar-refractivity contribution in [2.75, 3.05) is 12.3 Å². The van der Waals surface area contributed by atoms with E-state index in [4.69, 9.17) is 5.73 Å². The maximum atomic E-state index is 12.9. The summed E-state index contributed by atoms with van der Waals surface area (Å²) in [5, 5.41) is 0. The predicted octanol–water partition coefficient (Wildman–Crippen LogP) is 2.86. The average Bonchev–Trinajstić information content (AvgIpc) is 2.59. The summed E-state index contributed by atoms with van der Waals surface area (Å²) in [4.78, 5) is 0.352. The Morgan fingerprint density at radius 1 is 1.14 bits per heavy atom. The smallest absolute Gasteiger partial charge is 0.243 e. The van der Waals surface area contributed by atoms with Crippen molar-refractivity contribution in [1.82, 2.24) is 4.31 Å². The number of nitrogen functional groups attached to an aromatic ring is 1. The van der Waals surface area contributed by atoms with Gasteiger partial charge in [-0.15, -0.1) is 0 Å². The Kier molecular flexibility index (Phi) is 3.16. The van der Waals surface area contributed by atoms with Crippen LogP contribution < -0.4 is 5.73 Å². The van der Waals surface area contributed by atoms with E-state index < -0.39 is 10.0 Å². The number of sulfonamides is 1. The molecule has 2 bridgehead atoms. The van der Waals surface area contributed by atoms with Gasteiger partial charge in [-0.25, -0.2) is 8.42 Å². The monoisotopic (exact) mass is 308 g/mol. The summed E-state index contributed by atoms with van der Waals surface area (Å²) in [6.07, 6.45) is 3.01. The maximum absolute atomic E-state index is 12.9. The molecule has 5 heteroatoms. The Balaban J connectivity index is 1.96. The van der Waals surface area contributed by atoms with E-state index in [1.54, 1.807) is 28.6 Å². The minimum atomic E-state index is -3.42. The SMILES string of the molecule is CC1(C)C[C@H]2C[C@@](C)(CN2S(=O)(=O)c2ccc(N)cc2)C1. The van der Waals surface area contributed by atoms with Crippen LogP contribution in [0.4, 0.5) is 5.69 Å². The molecule has 1 saturated heterocycles. The van der Waals surface area contributed by atoms with Crippen molar-refractivity contribution in [3.63, 3.8) is 0 Å². The summed E-state index contributed by atoms with van der Waals surface area (Å²) in [7, 11) is -3.42. The molecule has 0 radical (unpaired) electrons. The van der Waals surface area contributed by atoms with Crippen molar-refractivity contribution in [3.8, 4) is 0 Å². The van der Waals surface area contributed by atoms with Crippen LogP contribution in [0.25, 0.3) is 0 Å². The molecule has 21 heavy (non-hydrogen) atoms. The molecule has 1 heterocycles. The number of benzene rings is 1. The van der Waals surface area contributed by atoms with Gasteiger partial charge in [0, 0.05) is 18.3 Å². The van der Waals surface area contributed by atoms with E-state index in [0.717, 1.165) is 19.3 Å². The summed E-state index contributed by atoms with van der Waals surface area (Å²) in [5.41, 5.74) is 6.56. The zero-order valence-corrected chi connectivity index (χ0v) is 13.8. The van der Waals surface area contributed by atoms with Crippen LogP contribution >= 0.6 is 0 Å². The van der Waals surface area contributed by atoms with E-state index in [0.29, 0.717) is 17.1 Å². The highest BCUT2D eigenvalue weighted by Crippen LogP contribution is 2.53. The summed E-state index contributed by atoms with van der Waals surface area (Å²) >= 11 is 0. The van der Waals surface area contributed by atoms with Gasteiger partial charge in [-0.3, -0.25) is 0 Å². The highest BCUT2D eigenvalue weighted by atomic mass is 32.2. The van der Waals surface area contributed by atoms with E-state index in [9.17, 15) is 8.42 Å². The van der Waals surface area contributed by atoms with Crippen molar-refractivity contribution in [2.45, 2.75) is 51.0 Å². The summed E-state index contributed by atoms with van der Waals surface area (Å²) < 4.78 is 27.6. The topological polar surface area (TPSA) is 63.4 Å². The Morgan fingerprint density at radius 3 is 2.38 bits per heavy atom. The Labute approximate surface area is 127 Å². The fraction of sp³-hybridized carbons (Fsp3) is 0.625. The molecule has 2 aliphatic rings. The fourth-order valence-electron chi connectivity index (χ4n) is 4.46. The number of hydrogen-bond donors (Lipinski definition) is 1. The number of fused-ring (bicyclic) bond motifs is 2. The molecule has 1 aliphatic carbocycles. The minimum Gasteiger partial charge on any atom is -0.399 e. The molecular weight excluding hydrogens is 284 g/mol. The molecular formula is C16H24N2O2S. The first-order chi connectivity index (χ1) is 9.61. The van der Waals surface area contributed by atoms with Crippen LogP contribution in [-0.4, -0.2) is 25.3 Å². The number of hydrogen-bond acceptors (Lipinski definition) is 3. The summed E-state index contributed by atoms with van der Waals surface area (Å²) in [6.45, 7) is 7.35. The number of nitrogens with zero attached hydrogens (tertiary/aromatic N) is 1. The van der Waals surface area contributed by atoms with Crippen LogP contribution in [0.1, 0.15) is 40.0 Å². The van der Waals surface area contributed by atoms with Gasteiger partial charge in [0.05, 0.1) is 4.90 Å². The molecule has 2 fully saturated rings. The van der Waals surface area contributed by atoms with Crippen molar-refractivity contribution in [3.05, 3.63) is 24.3 Å². The second-order valence-corrected chi connectivity index (χ2v) is 9.72.